The van der Waals surface area contributed by atoms with Gasteiger partial charge in [0.25, 0.3) is 0 Å². The number of aromatic nitrogens is 3. The van der Waals surface area contributed by atoms with E-state index in [0.717, 1.165) is 11.4 Å². The van der Waals surface area contributed by atoms with Crippen LogP contribution in [-0.4, -0.2) is 14.8 Å². The second-order valence-corrected chi connectivity index (χ2v) is 3.63. The van der Waals surface area contributed by atoms with Gasteiger partial charge in [0, 0.05) is 7.05 Å². The van der Waals surface area contributed by atoms with Gasteiger partial charge in [-0.05, 0) is 24.6 Å². The first-order valence-electron chi connectivity index (χ1n) is 4.98. The van der Waals surface area contributed by atoms with Crippen molar-refractivity contribution >= 4 is 5.69 Å². The Morgan fingerprint density at radius 1 is 1.44 bits per heavy atom. The van der Waals surface area contributed by atoms with Crippen molar-refractivity contribution in [3.05, 3.63) is 35.9 Å². The first kappa shape index (κ1) is 10.5. The summed E-state index contributed by atoms with van der Waals surface area (Å²) in [6.45, 7) is 2.36. The van der Waals surface area contributed by atoms with Crippen molar-refractivity contribution in [3.63, 3.8) is 0 Å². The molecule has 0 bridgehead atoms. The molecule has 2 rings (SSSR count). The highest BCUT2D eigenvalue weighted by atomic mass is 16.5. The molecular weight excluding hydrogens is 204 g/mol. The van der Waals surface area contributed by atoms with E-state index in [1.807, 2.05) is 32.2 Å². The van der Waals surface area contributed by atoms with Crippen LogP contribution in [0, 0.1) is 6.92 Å². The summed E-state index contributed by atoms with van der Waals surface area (Å²) in [5.41, 5.74) is 7.54. The molecule has 0 aliphatic heterocycles. The number of nitrogen functional groups attached to an aromatic ring is 1. The normalized spacial score (nSPS) is 10.4. The van der Waals surface area contributed by atoms with E-state index < -0.39 is 0 Å². The number of hydrogen-bond acceptors (Lipinski definition) is 4. The van der Waals surface area contributed by atoms with E-state index >= 15 is 0 Å². The van der Waals surface area contributed by atoms with Gasteiger partial charge in [0.15, 0.2) is 5.82 Å². The van der Waals surface area contributed by atoms with Gasteiger partial charge in [-0.15, -0.1) is 0 Å². The summed E-state index contributed by atoms with van der Waals surface area (Å²) in [6, 6.07) is 5.69. The van der Waals surface area contributed by atoms with Gasteiger partial charge in [-0.25, -0.2) is 4.98 Å². The van der Waals surface area contributed by atoms with Crippen molar-refractivity contribution in [1.29, 1.82) is 0 Å². The molecule has 5 heteroatoms. The number of nitrogens with two attached hydrogens (primary N) is 1. The van der Waals surface area contributed by atoms with Crippen LogP contribution in [0.3, 0.4) is 0 Å². The number of hydrogen-bond donors (Lipinski definition) is 1. The highest BCUT2D eigenvalue weighted by Gasteiger charge is 2.04. The molecule has 2 N–H and O–H groups in total. The molecule has 84 valence electrons. The molecule has 1 aromatic heterocycles. The molecule has 0 fully saturated rings. The van der Waals surface area contributed by atoms with Crippen LogP contribution in [0.1, 0.15) is 11.4 Å². The lowest BCUT2D eigenvalue weighted by atomic mass is 10.2. The smallest absolute Gasteiger partial charge is 0.164 e. The second-order valence-electron chi connectivity index (χ2n) is 3.63. The van der Waals surface area contributed by atoms with Crippen LogP contribution < -0.4 is 10.5 Å². The van der Waals surface area contributed by atoms with Crippen molar-refractivity contribution in [2.75, 3.05) is 5.73 Å². The van der Waals surface area contributed by atoms with Gasteiger partial charge >= 0.3 is 0 Å². The average Bonchev–Trinajstić information content (AvgIpc) is 2.66. The molecule has 0 saturated heterocycles. The van der Waals surface area contributed by atoms with Crippen molar-refractivity contribution in [3.8, 4) is 5.75 Å². The zero-order valence-electron chi connectivity index (χ0n) is 9.34. The van der Waals surface area contributed by atoms with E-state index in [-0.39, 0.29) is 0 Å². The van der Waals surface area contributed by atoms with Gasteiger partial charge in [-0.1, -0.05) is 6.07 Å². The maximum atomic E-state index is 5.80. The van der Waals surface area contributed by atoms with Gasteiger partial charge in [-0.2, -0.15) is 5.10 Å². The third kappa shape index (κ3) is 2.13. The van der Waals surface area contributed by atoms with Crippen LogP contribution in [0.4, 0.5) is 5.69 Å². The van der Waals surface area contributed by atoms with Crippen molar-refractivity contribution in [2.45, 2.75) is 13.5 Å². The molecule has 16 heavy (non-hydrogen) atoms. The predicted molar refractivity (Wildman–Crippen MR) is 60.9 cm³/mol. The molecule has 0 atom stereocenters. The van der Waals surface area contributed by atoms with Gasteiger partial charge < -0.3 is 10.5 Å². The van der Waals surface area contributed by atoms with Crippen LogP contribution in [-0.2, 0) is 13.7 Å². The van der Waals surface area contributed by atoms with Crippen LogP contribution in [0.2, 0.25) is 0 Å². The Bertz CT molecular complexity index is 492. The number of ether oxygens (including phenoxy) is 1. The molecule has 0 spiro atoms. The third-order valence-electron chi connectivity index (χ3n) is 2.33. The fourth-order valence-electron chi connectivity index (χ4n) is 1.36. The summed E-state index contributed by atoms with van der Waals surface area (Å²) in [6.07, 6.45) is 1.50. The van der Waals surface area contributed by atoms with Gasteiger partial charge in [0.05, 0.1) is 5.69 Å². The number of aryl methyl sites for hydroxylation is 2. The minimum absolute atomic E-state index is 0.365. The zero-order valence-corrected chi connectivity index (χ0v) is 9.34. The van der Waals surface area contributed by atoms with E-state index in [2.05, 4.69) is 10.1 Å². The van der Waals surface area contributed by atoms with E-state index in [4.69, 9.17) is 10.5 Å². The van der Waals surface area contributed by atoms with E-state index in [0.29, 0.717) is 18.0 Å². The highest BCUT2D eigenvalue weighted by molar-refractivity contribution is 5.53. The fourth-order valence-corrected chi connectivity index (χ4v) is 1.36. The Hall–Kier alpha value is -2.04. The van der Waals surface area contributed by atoms with Crippen molar-refractivity contribution in [2.24, 2.45) is 7.05 Å². The SMILES string of the molecule is Cc1ccc(N)c(OCc2ncnn2C)c1. The van der Waals surface area contributed by atoms with Gasteiger partial charge in [0.1, 0.15) is 18.7 Å². The van der Waals surface area contributed by atoms with Crippen LogP contribution in [0.15, 0.2) is 24.5 Å². The molecule has 2 aromatic rings. The lowest BCUT2D eigenvalue weighted by Gasteiger charge is -2.08. The van der Waals surface area contributed by atoms with Crippen molar-refractivity contribution in [1.82, 2.24) is 14.8 Å². The average molecular weight is 218 g/mol. The van der Waals surface area contributed by atoms with Crippen molar-refractivity contribution < 1.29 is 4.74 Å². The molecule has 0 amide bonds. The monoisotopic (exact) mass is 218 g/mol. The minimum atomic E-state index is 0.365. The van der Waals surface area contributed by atoms with Crippen LogP contribution >= 0.6 is 0 Å². The van der Waals surface area contributed by atoms with E-state index in [1.165, 1.54) is 6.33 Å². The Balaban J connectivity index is 2.10. The summed E-state index contributed by atoms with van der Waals surface area (Å²) in [5, 5.41) is 3.96. The molecular formula is C11H14N4O. The largest absolute Gasteiger partial charge is 0.483 e. The molecule has 0 radical (unpaired) electrons. The fraction of sp³-hybridized carbons (Fsp3) is 0.273. The van der Waals surface area contributed by atoms with Crippen LogP contribution in [0.25, 0.3) is 0 Å². The molecule has 0 aliphatic rings. The quantitative estimate of drug-likeness (QED) is 0.788. The Labute approximate surface area is 93.9 Å². The summed E-state index contributed by atoms with van der Waals surface area (Å²) in [5.74, 6) is 1.45. The molecule has 1 heterocycles. The second kappa shape index (κ2) is 4.22. The van der Waals surface area contributed by atoms with E-state index in [1.54, 1.807) is 4.68 Å². The summed E-state index contributed by atoms with van der Waals surface area (Å²) in [7, 11) is 1.82. The van der Waals surface area contributed by atoms with Gasteiger partial charge in [-0.3, -0.25) is 4.68 Å². The predicted octanol–water partition coefficient (Wildman–Crippen LogP) is 1.28. The molecule has 0 unspecified atom stereocenters. The zero-order chi connectivity index (χ0) is 11.5. The summed E-state index contributed by atoms with van der Waals surface area (Å²) >= 11 is 0. The first-order chi connectivity index (χ1) is 7.66. The summed E-state index contributed by atoms with van der Waals surface area (Å²) < 4.78 is 7.27. The number of rotatable bonds is 3. The molecule has 0 saturated carbocycles. The molecule has 1 aromatic carbocycles. The maximum Gasteiger partial charge on any atom is 0.164 e. The first-order valence-corrected chi connectivity index (χ1v) is 4.98. The standard InChI is InChI=1S/C11H14N4O/c1-8-3-4-9(12)10(5-8)16-6-11-13-7-14-15(11)2/h3-5,7H,6,12H2,1-2H3. The Morgan fingerprint density at radius 2 is 2.25 bits per heavy atom. The number of anilines is 1. The summed E-state index contributed by atoms with van der Waals surface area (Å²) in [4.78, 5) is 4.07. The number of nitrogens with zero attached hydrogens (tertiary/aromatic N) is 3. The number of benzene rings is 1. The third-order valence-corrected chi connectivity index (χ3v) is 2.33. The Morgan fingerprint density at radius 3 is 2.94 bits per heavy atom. The molecule has 5 nitrogen and oxygen atoms in total. The Kier molecular flexibility index (Phi) is 2.76. The van der Waals surface area contributed by atoms with E-state index in [9.17, 15) is 0 Å². The molecule has 0 aliphatic carbocycles. The minimum Gasteiger partial charge on any atom is -0.483 e. The highest BCUT2D eigenvalue weighted by Crippen LogP contribution is 2.22. The van der Waals surface area contributed by atoms with Crippen LogP contribution in [0.5, 0.6) is 5.75 Å². The topological polar surface area (TPSA) is 66.0 Å². The maximum absolute atomic E-state index is 5.80. The lowest BCUT2D eigenvalue weighted by molar-refractivity contribution is 0.291. The van der Waals surface area contributed by atoms with Gasteiger partial charge in [0.2, 0.25) is 0 Å². The lowest BCUT2D eigenvalue weighted by Crippen LogP contribution is -2.05.